The van der Waals surface area contributed by atoms with Crippen molar-refractivity contribution in [3.63, 3.8) is 0 Å². The zero-order valence-electron chi connectivity index (χ0n) is 18.6. The molecule has 0 aromatic rings. The molecular weight excluding hydrogens is 340 g/mol. The lowest BCUT2D eigenvalue weighted by Crippen LogP contribution is -2.55. The summed E-state index contributed by atoms with van der Waals surface area (Å²) in [7, 11) is 0. The Morgan fingerprint density at radius 2 is 1.71 bits per heavy atom. The molecular formula is C27H38O. The Hall–Kier alpha value is -1.11. The standard InChI is InChI=1S/C27H38O/c1-17-8-10-25(3)12-13-27(5)21(23(25)14-17)9-11-26(4)22-16-19(28)15-18(2)20(22)6-7-24(26)27/h6-7,16-18,21,23H,8-15H2,1-5H3. The molecule has 0 aliphatic heterocycles. The minimum atomic E-state index is 0.0771. The predicted molar refractivity (Wildman–Crippen MR) is 116 cm³/mol. The van der Waals surface area contributed by atoms with Gasteiger partial charge in [0.1, 0.15) is 0 Å². The van der Waals surface area contributed by atoms with E-state index in [1.54, 1.807) is 5.57 Å². The summed E-state index contributed by atoms with van der Waals surface area (Å²) in [6.07, 6.45) is 17.2. The Morgan fingerprint density at radius 3 is 2.50 bits per heavy atom. The van der Waals surface area contributed by atoms with Gasteiger partial charge in [0.2, 0.25) is 0 Å². The Kier molecular flexibility index (Phi) is 4.02. The van der Waals surface area contributed by atoms with Gasteiger partial charge in [0.15, 0.2) is 5.78 Å². The van der Waals surface area contributed by atoms with Gasteiger partial charge in [0.05, 0.1) is 0 Å². The fourth-order valence-corrected chi connectivity index (χ4v) is 8.34. The number of carbonyl (C=O) groups is 1. The first-order chi connectivity index (χ1) is 13.2. The third-order valence-corrected chi connectivity index (χ3v) is 10.1. The Labute approximate surface area is 171 Å². The summed E-state index contributed by atoms with van der Waals surface area (Å²) < 4.78 is 0. The first kappa shape index (κ1) is 18.9. The van der Waals surface area contributed by atoms with Crippen LogP contribution in [0.5, 0.6) is 0 Å². The van der Waals surface area contributed by atoms with Crippen molar-refractivity contribution in [2.75, 3.05) is 0 Å². The molecule has 0 heterocycles. The van der Waals surface area contributed by atoms with E-state index in [0.29, 0.717) is 29.0 Å². The highest BCUT2D eigenvalue weighted by atomic mass is 16.1. The SMILES string of the molecule is CC1CCC2(C)CCC3(C)C4=CC=C5C(=CC(=O)CC5C)C4(C)CCC3C2C1. The Balaban J connectivity index is 1.59. The van der Waals surface area contributed by atoms with E-state index in [9.17, 15) is 4.79 Å². The van der Waals surface area contributed by atoms with E-state index in [1.165, 1.54) is 56.1 Å². The molecule has 0 aromatic carbocycles. The lowest BCUT2D eigenvalue weighted by molar-refractivity contribution is -0.115. The molecule has 0 radical (unpaired) electrons. The highest BCUT2D eigenvalue weighted by Crippen LogP contribution is 2.69. The van der Waals surface area contributed by atoms with Crippen LogP contribution in [0.15, 0.2) is 34.9 Å². The van der Waals surface area contributed by atoms with Gasteiger partial charge in [-0.15, -0.1) is 0 Å². The number of carbonyl (C=O) groups excluding carboxylic acids is 1. The van der Waals surface area contributed by atoms with Crippen molar-refractivity contribution in [1.29, 1.82) is 0 Å². The summed E-state index contributed by atoms with van der Waals surface area (Å²) in [5, 5.41) is 0. The van der Waals surface area contributed by atoms with Crippen LogP contribution in [-0.2, 0) is 4.79 Å². The normalized spacial score (nSPS) is 50.3. The number of hydrogen-bond donors (Lipinski definition) is 0. The Bertz CT molecular complexity index is 812. The highest BCUT2D eigenvalue weighted by molar-refractivity contribution is 5.94. The minimum Gasteiger partial charge on any atom is -0.295 e. The lowest BCUT2D eigenvalue weighted by atomic mass is 9.40. The average molecular weight is 379 g/mol. The van der Waals surface area contributed by atoms with Gasteiger partial charge in [0.25, 0.3) is 0 Å². The fraction of sp³-hybridized carbons (Fsp3) is 0.741. The van der Waals surface area contributed by atoms with E-state index in [4.69, 9.17) is 0 Å². The van der Waals surface area contributed by atoms with Crippen LogP contribution < -0.4 is 0 Å². The second-order valence-electron chi connectivity index (χ2n) is 11.9. The monoisotopic (exact) mass is 378 g/mol. The van der Waals surface area contributed by atoms with E-state index in [0.717, 1.165) is 17.8 Å². The van der Waals surface area contributed by atoms with Gasteiger partial charge in [-0.05, 0) is 90.2 Å². The van der Waals surface area contributed by atoms with Crippen molar-refractivity contribution in [2.45, 2.75) is 86.0 Å². The summed E-state index contributed by atoms with van der Waals surface area (Å²) in [4.78, 5) is 12.5. The van der Waals surface area contributed by atoms with Crippen molar-refractivity contribution in [3.8, 4) is 0 Å². The molecule has 7 unspecified atom stereocenters. The smallest absolute Gasteiger partial charge is 0.156 e. The van der Waals surface area contributed by atoms with E-state index in [-0.39, 0.29) is 5.41 Å². The van der Waals surface area contributed by atoms with E-state index in [1.807, 2.05) is 6.08 Å². The molecule has 3 saturated carbocycles. The quantitative estimate of drug-likeness (QED) is 0.441. The number of allylic oxidation sites excluding steroid dienone is 6. The first-order valence-electron chi connectivity index (χ1n) is 11.9. The average Bonchev–Trinajstić information content (AvgIpc) is 2.63. The van der Waals surface area contributed by atoms with E-state index < -0.39 is 0 Å². The molecule has 0 aromatic heterocycles. The lowest BCUT2D eigenvalue weighted by Gasteiger charge is -2.64. The van der Waals surface area contributed by atoms with Gasteiger partial charge in [-0.2, -0.15) is 0 Å². The van der Waals surface area contributed by atoms with E-state index >= 15 is 0 Å². The summed E-state index contributed by atoms with van der Waals surface area (Å²) in [6, 6.07) is 0. The summed E-state index contributed by atoms with van der Waals surface area (Å²) in [5.41, 5.74) is 5.43. The largest absolute Gasteiger partial charge is 0.295 e. The van der Waals surface area contributed by atoms with Crippen LogP contribution in [0.2, 0.25) is 0 Å². The second kappa shape index (κ2) is 5.96. The van der Waals surface area contributed by atoms with Crippen LogP contribution in [0.4, 0.5) is 0 Å². The van der Waals surface area contributed by atoms with Crippen molar-refractivity contribution in [2.24, 2.45) is 39.9 Å². The van der Waals surface area contributed by atoms with Crippen molar-refractivity contribution in [3.05, 3.63) is 34.9 Å². The fourth-order valence-electron chi connectivity index (χ4n) is 8.34. The molecule has 0 saturated heterocycles. The maximum atomic E-state index is 12.5. The summed E-state index contributed by atoms with van der Waals surface area (Å²) >= 11 is 0. The molecule has 3 fully saturated rings. The van der Waals surface area contributed by atoms with Crippen LogP contribution in [0, 0.1) is 39.9 Å². The molecule has 0 spiro atoms. The predicted octanol–water partition coefficient (Wildman–Crippen LogP) is 7.05. The third kappa shape index (κ3) is 2.40. The van der Waals surface area contributed by atoms with Gasteiger partial charge in [-0.1, -0.05) is 58.8 Å². The van der Waals surface area contributed by atoms with E-state index in [2.05, 4.69) is 46.8 Å². The van der Waals surface area contributed by atoms with Crippen LogP contribution in [-0.4, -0.2) is 5.78 Å². The van der Waals surface area contributed by atoms with Crippen molar-refractivity contribution >= 4 is 5.78 Å². The maximum Gasteiger partial charge on any atom is 0.156 e. The van der Waals surface area contributed by atoms with Crippen LogP contribution in [0.25, 0.3) is 0 Å². The van der Waals surface area contributed by atoms with Crippen molar-refractivity contribution in [1.82, 2.24) is 0 Å². The molecule has 0 bridgehead atoms. The second-order valence-corrected chi connectivity index (χ2v) is 11.9. The summed E-state index contributed by atoms with van der Waals surface area (Å²) in [6.45, 7) is 12.4. The number of hydrogen-bond acceptors (Lipinski definition) is 1. The summed E-state index contributed by atoms with van der Waals surface area (Å²) in [5.74, 6) is 3.31. The Morgan fingerprint density at radius 1 is 0.929 bits per heavy atom. The molecule has 1 nitrogen and oxygen atoms in total. The van der Waals surface area contributed by atoms with Crippen molar-refractivity contribution < 1.29 is 4.79 Å². The maximum absolute atomic E-state index is 12.5. The number of rotatable bonds is 0. The van der Waals surface area contributed by atoms with Gasteiger partial charge in [-0.3, -0.25) is 4.79 Å². The van der Waals surface area contributed by atoms with Crippen LogP contribution in [0.1, 0.15) is 86.0 Å². The molecule has 1 heteroatoms. The molecule has 5 rings (SSSR count). The van der Waals surface area contributed by atoms with Gasteiger partial charge >= 0.3 is 0 Å². The van der Waals surface area contributed by atoms with Gasteiger partial charge in [-0.25, -0.2) is 0 Å². The third-order valence-electron chi connectivity index (χ3n) is 10.1. The number of fused-ring (bicyclic) bond motifs is 7. The molecule has 0 amide bonds. The molecule has 28 heavy (non-hydrogen) atoms. The molecule has 0 N–H and O–H groups in total. The zero-order valence-corrected chi connectivity index (χ0v) is 18.6. The van der Waals surface area contributed by atoms with Crippen LogP contribution in [0.3, 0.4) is 0 Å². The van der Waals surface area contributed by atoms with Gasteiger partial charge < -0.3 is 0 Å². The minimum absolute atomic E-state index is 0.0771. The molecule has 152 valence electrons. The topological polar surface area (TPSA) is 17.1 Å². The molecule has 5 aliphatic rings. The molecule has 5 aliphatic carbocycles. The highest BCUT2D eigenvalue weighted by Gasteiger charge is 2.60. The number of ketones is 1. The first-order valence-corrected chi connectivity index (χ1v) is 11.9. The zero-order chi connectivity index (χ0) is 19.9. The van der Waals surface area contributed by atoms with Gasteiger partial charge in [0, 0.05) is 11.8 Å². The molecule has 7 atom stereocenters. The van der Waals surface area contributed by atoms with Crippen LogP contribution >= 0.6 is 0 Å².